The minimum absolute atomic E-state index is 0.0129. The molecule has 2 atom stereocenters. The Balaban J connectivity index is 2.31. The summed E-state index contributed by atoms with van der Waals surface area (Å²) in [6, 6.07) is 7.65. The summed E-state index contributed by atoms with van der Waals surface area (Å²) < 4.78 is 5.26. The van der Waals surface area contributed by atoms with Crippen LogP contribution in [0.5, 0.6) is 0 Å². The fourth-order valence-electron chi connectivity index (χ4n) is 3.85. The highest BCUT2D eigenvalue weighted by Gasteiger charge is 2.36. The predicted octanol–water partition coefficient (Wildman–Crippen LogP) is 3.73. The maximum absolute atomic E-state index is 13.4. The number of ether oxygens (including phenoxy) is 1. The van der Waals surface area contributed by atoms with Crippen molar-refractivity contribution in [3.63, 3.8) is 0 Å². The summed E-state index contributed by atoms with van der Waals surface area (Å²) in [5, 5.41) is 5.60. The first-order valence-electron chi connectivity index (χ1n) is 11.3. The van der Waals surface area contributed by atoms with E-state index in [9.17, 15) is 14.4 Å². The summed E-state index contributed by atoms with van der Waals surface area (Å²) >= 11 is 4.22. The molecule has 2 unspecified atom stereocenters. The molecule has 0 heterocycles. The van der Waals surface area contributed by atoms with E-state index < -0.39 is 29.7 Å². The van der Waals surface area contributed by atoms with Gasteiger partial charge in [-0.3, -0.25) is 14.5 Å². The molecule has 0 bridgehead atoms. The van der Waals surface area contributed by atoms with Crippen LogP contribution in [0.25, 0.3) is 0 Å². The number of hydrogen-bond donors (Lipinski definition) is 3. The summed E-state index contributed by atoms with van der Waals surface area (Å²) in [5.41, 5.74) is 0.805. The molecule has 1 aromatic carbocycles. The summed E-state index contributed by atoms with van der Waals surface area (Å²) in [5.74, 6) is -0.959. The van der Waals surface area contributed by atoms with Crippen LogP contribution in [-0.2, 0) is 14.3 Å². The van der Waals surface area contributed by atoms with Gasteiger partial charge in [-0.05, 0) is 46.1 Å². The van der Waals surface area contributed by atoms with E-state index in [0.717, 1.165) is 42.6 Å². The third-order valence-corrected chi connectivity index (χ3v) is 5.73. The van der Waals surface area contributed by atoms with Crippen molar-refractivity contribution in [2.75, 3.05) is 5.75 Å². The van der Waals surface area contributed by atoms with Gasteiger partial charge in [0.25, 0.3) is 5.91 Å². The smallest absolute Gasteiger partial charge is 0.408 e. The Labute approximate surface area is 202 Å². The number of alkyl carbamates (subject to hydrolysis) is 1. The van der Waals surface area contributed by atoms with Gasteiger partial charge in [-0.2, -0.15) is 12.6 Å². The highest BCUT2D eigenvalue weighted by atomic mass is 32.1. The summed E-state index contributed by atoms with van der Waals surface area (Å²) in [6.07, 6.45) is 10.1. The lowest BCUT2D eigenvalue weighted by Gasteiger charge is -2.32. The quantitative estimate of drug-likeness (QED) is 0.320. The van der Waals surface area contributed by atoms with Gasteiger partial charge in [0.05, 0.1) is 0 Å². The van der Waals surface area contributed by atoms with E-state index in [1.165, 1.54) is 0 Å². The third kappa shape index (κ3) is 8.01. The fourth-order valence-corrected chi connectivity index (χ4v) is 4.10. The molecule has 0 aromatic heterocycles. The average molecular weight is 474 g/mol. The van der Waals surface area contributed by atoms with Crippen LogP contribution in [0.3, 0.4) is 0 Å². The first kappa shape index (κ1) is 26.6. The van der Waals surface area contributed by atoms with Gasteiger partial charge in [0.2, 0.25) is 5.91 Å². The van der Waals surface area contributed by atoms with Crippen molar-refractivity contribution < 1.29 is 19.1 Å². The zero-order valence-electron chi connectivity index (χ0n) is 19.9. The van der Waals surface area contributed by atoms with E-state index in [4.69, 9.17) is 11.2 Å². The molecule has 2 rings (SSSR count). The standard InChI is InChI=1S/C25H35N3O4S/c1-6-28(23(30)20(16-33)27-24(31)32-25(3,4)5)21(18-12-10-11-17(2)15-18)22(29)26-19-13-8-7-9-14-19/h1,10-12,15,19-21,33H,7-9,13-14,16H2,2-5H3,(H,26,29)(H,27,31). The molecule has 3 amide bonds. The first-order chi connectivity index (χ1) is 15.6. The fraction of sp³-hybridized carbons (Fsp3) is 0.560. The van der Waals surface area contributed by atoms with Crippen LogP contribution >= 0.6 is 12.6 Å². The van der Waals surface area contributed by atoms with Crippen molar-refractivity contribution >= 4 is 30.5 Å². The molecule has 1 aromatic rings. The number of benzene rings is 1. The largest absolute Gasteiger partial charge is 0.444 e. The lowest BCUT2D eigenvalue weighted by Crippen LogP contribution is -2.53. The van der Waals surface area contributed by atoms with Crippen LogP contribution in [0.1, 0.15) is 70.0 Å². The number of thiol groups is 1. The molecule has 1 aliphatic rings. The number of rotatable bonds is 7. The van der Waals surface area contributed by atoms with Crippen LogP contribution < -0.4 is 10.6 Å². The normalized spacial score (nSPS) is 16.1. The number of amides is 3. The number of nitrogens with one attached hydrogen (secondary N) is 2. The molecule has 180 valence electrons. The zero-order chi connectivity index (χ0) is 24.6. The van der Waals surface area contributed by atoms with E-state index in [0.29, 0.717) is 5.56 Å². The predicted molar refractivity (Wildman–Crippen MR) is 132 cm³/mol. The Hall–Kier alpha value is -2.66. The Morgan fingerprint density at radius 1 is 1.24 bits per heavy atom. The SMILES string of the molecule is C#CN(C(=O)C(CS)NC(=O)OC(C)(C)C)C(C(=O)NC1CCCCC1)c1cccc(C)c1. The Kier molecular flexibility index (Phi) is 9.66. The number of nitrogens with zero attached hydrogens (tertiary/aromatic N) is 1. The van der Waals surface area contributed by atoms with E-state index >= 15 is 0 Å². The number of carbonyl (C=O) groups is 3. The van der Waals surface area contributed by atoms with Gasteiger partial charge in [-0.15, -0.1) is 0 Å². The maximum Gasteiger partial charge on any atom is 0.408 e. The second kappa shape index (κ2) is 12.0. The number of terminal acetylenes is 1. The van der Waals surface area contributed by atoms with E-state index in [1.807, 2.05) is 25.1 Å². The monoisotopic (exact) mass is 473 g/mol. The van der Waals surface area contributed by atoms with Gasteiger partial charge in [-0.25, -0.2) is 4.79 Å². The lowest BCUT2D eigenvalue weighted by molar-refractivity contribution is -0.138. The second-order valence-electron chi connectivity index (χ2n) is 9.38. The van der Waals surface area contributed by atoms with Crippen molar-refractivity contribution in [3.05, 3.63) is 35.4 Å². The molecule has 1 fully saturated rings. The molecule has 7 nitrogen and oxygen atoms in total. The molecule has 0 spiro atoms. The van der Waals surface area contributed by atoms with Crippen LogP contribution in [0.2, 0.25) is 0 Å². The van der Waals surface area contributed by atoms with Crippen LogP contribution in [0.15, 0.2) is 24.3 Å². The zero-order valence-corrected chi connectivity index (χ0v) is 20.8. The molecular formula is C25H35N3O4S. The van der Waals surface area contributed by atoms with Crippen molar-refractivity contribution in [2.24, 2.45) is 0 Å². The number of hydrogen-bond acceptors (Lipinski definition) is 5. The number of aryl methyl sites for hydroxylation is 1. The molecule has 33 heavy (non-hydrogen) atoms. The average Bonchev–Trinajstić information content (AvgIpc) is 2.74. The van der Waals surface area contributed by atoms with E-state index in [1.54, 1.807) is 26.8 Å². The number of carbonyl (C=O) groups excluding carboxylic acids is 3. The molecule has 0 aliphatic heterocycles. The van der Waals surface area contributed by atoms with Crippen LogP contribution in [0.4, 0.5) is 4.79 Å². The lowest BCUT2D eigenvalue weighted by atomic mass is 9.94. The molecule has 2 N–H and O–H groups in total. The van der Waals surface area contributed by atoms with Gasteiger partial charge in [0.1, 0.15) is 17.7 Å². The molecule has 0 radical (unpaired) electrons. The molecule has 0 saturated heterocycles. The van der Waals surface area contributed by atoms with Crippen molar-refractivity contribution in [3.8, 4) is 12.5 Å². The highest BCUT2D eigenvalue weighted by Crippen LogP contribution is 2.25. The summed E-state index contributed by atoms with van der Waals surface area (Å²) in [4.78, 5) is 40.1. The molecule has 1 saturated carbocycles. The highest BCUT2D eigenvalue weighted by molar-refractivity contribution is 7.80. The van der Waals surface area contributed by atoms with Gasteiger partial charge >= 0.3 is 6.09 Å². The van der Waals surface area contributed by atoms with Gasteiger partial charge in [-0.1, -0.05) is 55.5 Å². The van der Waals surface area contributed by atoms with Crippen molar-refractivity contribution in [1.82, 2.24) is 15.5 Å². The van der Waals surface area contributed by atoms with Gasteiger partial charge in [0, 0.05) is 17.8 Å². The van der Waals surface area contributed by atoms with Crippen molar-refractivity contribution in [1.29, 1.82) is 0 Å². The minimum atomic E-state index is -1.06. The van der Waals surface area contributed by atoms with Crippen molar-refractivity contribution in [2.45, 2.75) is 83.5 Å². The molecule has 8 heteroatoms. The Bertz CT molecular complexity index is 884. The molecular weight excluding hydrogens is 438 g/mol. The van der Waals surface area contributed by atoms with Gasteiger partial charge in [0.15, 0.2) is 0 Å². The van der Waals surface area contributed by atoms with E-state index in [2.05, 4.69) is 29.3 Å². The molecule has 1 aliphatic carbocycles. The topological polar surface area (TPSA) is 87.7 Å². The van der Waals surface area contributed by atoms with Crippen LogP contribution in [-0.4, -0.2) is 46.2 Å². The maximum atomic E-state index is 13.4. The Morgan fingerprint density at radius 3 is 2.45 bits per heavy atom. The van der Waals surface area contributed by atoms with E-state index in [-0.39, 0.29) is 17.7 Å². The Morgan fingerprint density at radius 2 is 1.91 bits per heavy atom. The second-order valence-corrected chi connectivity index (χ2v) is 9.74. The first-order valence-corrected chi connectivity index (χ1v) is 12.0. The third-order valence-electron chi connectivity index (χ3n) is 5.36. The summed E-state index contributed by atoms with van der Waals surface area (Å²) in [7, 11) is 0. The minimum Gasteiger partial charge on any atom is -0.444 e. The van der Waals surface area contributed by atoms with Gasteiger partial charge < -0.3 is 15.4 Å². The van der Waals surface area contributed by atoms with Crippen LogP contribution in [0, 0.1) is 19.4 Å². The summed E-state index contributed by atoms with van der Waals surface area (Å²) in [6.45, 7) is 7.08.